The van der Waals surface area contributed by atoms with Crippen molar-refractivity contribution in [3.8, 4) is 0 Å². The second-order valence-electron chi connectivity index (χ2n) is 5.78. The van der Waals surface area contributed by atoms with Gasteiger partial charge in [0.25, 0.3) is 5.91 Å². The summed E-state index contributed by atoms with van der Waals surface area (Å²) in [5.74, 6) is 0.760. The zero-order valence-corrected chi connectivity index (χ0v) is 12.8. The Morgan fingerprint density at radius 1 is 1.35 bits per heavy atom. The maximum Gasteiger partial charge on any atom is 0.251 e. The molecule has 1 aliphatic rings. The summed E-state index contributed by atoms with van der Waals surface area (Å²) < 4.78 is 0. The maximum absolute atomic E-state index is 12.0. The van der Waals surface area contributed by atoms with Gasteiger partial charge in [0.15, 0.2) is 0 Å². The SMILES string of the molecule is CCNC(CC(C)CC)c1ccc2c(c1)C(=O)NCC2. The fraction of sp³-hybridized carbons (Fsp3) is 0.588. The summed E-state index contributed by atoms with van der Waals surface area (Å²) in [6, 6.07) is 6.74. The number of fused-ring (bicyclic) bond motifs is 1. The van der Waals surface area contributed by atoms with E-state index in [0.717, 1.165) is 31.5 Å². The lowest BCUT2D eigenvalue weighted by molar-refractivity contribution is 0.0946. The molecular weight excluding hydrogens is 248 g/mol. The molecule has 1 amide bonds. The van der Waals surface area contributed by atoms with E-state index in [9.17, 15) is 4.79 Å². The first-order valence-corrected chi connectivity index (χ1v) is 7.80. The van der Waals surface area contributed by atoms with Crippen LogP contribution >= 0.6 is 0 Å². The Morgan fingerprint density at radius 2 is 2.15 bits per heavy atom. The van der Waals surface area contributed by atoms with Crippen molar-refractivity contribution >= 4 is 5.91 Å². The molecule has 20 heavy (non-hydrogen) atoms. The Labute approximate surface area is 122 Å². The molecule has 0 saturated heterocycles. The van der Waals surface area contributed by atoms with Crippen LogP contribution in [0.15, 0.2) is 18.2 Å². The predicted octanol–water partition coefficient (Wildman–Crippen LogP) is 3.06. The van der Waals surface area contributed by atoms with Crippen LogP contribution in [-0.4, -0.2) is 19.0 Å². The van der Waals surface area contributed by atoms with Gasteiger partial charge in [0.1, 0.15) is 0 Å². The monoisotopic (exact) mass is 274 g/mol. The zero-order chi connectivity index (χ0) is 14.5. The van der Waals surface area contributed by atoms with Crippen LogP contribution < -0.4 is 10.6 Å². The molecule has 1 aliphatic heterocycles. The van der Waals surface area contributed by atoms with Crippen molar-refractivity contribution < 1.29 is 4.79 Å². The van der Waals surface area contributed by atoms with Crippen LogP contribution in [0.1, 0.15) is 61.1 Å². The molecule has 0 spiro atoms. The molecule has 1 aromatic rings. The Hall–Kier alpha value is -1.35. The van der Waals surface area contributed by atoms with Gasteiger partial charge in [-0.15, -0.1) is 0 Å². The lowest BCUT2D eigenvalue weighted by Crippen LogP contribution is -2.32. The van der Waals surface area contributed by atoms with Crippen LogP contribution in [0.4, 0.5) is 0 Å². The van der Waals surface area contributed by atoms with Crippen LogP contribution in [0.5, 0.6) is 0 Å². The van der Waals surface area contributed by atoms with E-state index in [1.807, 2.05) is 0 Å². The molecule has 2 rings (SSSR count). The summed E-state index contributed by atoms with van der Waals surface area (Å²) in [7, 11) is 0. The smallest absolute Gasteiger partial charge is 0.251 e. The first kappa shape index (κ1) is 15.0. The minimum Gasteiger partial charge on any atom is -0.352 e. The summed E-state index contributed by atoms with van der Waals surface area (Å²) in [6.45, 7) is 8.36. The molecule has 0 radical (unpaired) electrons. The largest absolute Gasteiger partial charge is 0.352 e. The topological polar surface area (TPSA) is 41.1 Å². The van der Waals surface area contributed by atoms with Gasteiger partial charge < -0.3 is 10.6 Å². The fourth-order valence-corrected chi connectivity index (χ4v) is 2.80. The van der Waals surface area contributed by atoms with Gasteiger partial charge in [-0.2, -0.15) is 0 Å². The molecule has 3 heteroatoms. The average Bonchev–Trinajstić information content (AvgIpc) is 2.47. The second-order valence-corrected chi connectivity index (χ2v) is 5.78. The normalized spacial score (nSPS) is 17.2. The third kappa shape index (κ3) is 3.40. The molecule has 1 heterocycles. The van der Waals surface area contributed by atoms with E-state index in [2.05, 4.69) is 49.6 Å². The van der Waals surface area contributed by atoms with Gasteiger partial charge in [-0.05, 0) is 42.5 Å². The maximum atomic E-state index is 12.0. The van der Waals surface area contributed by atoms with E-state index in [4.69, 9.17) is 0 Å². The van der Waals surface area contributed by atoms with Crippen LogP contribution in [0.3, 0.4) is 0 Å². The highest BCUT2D eigenvalue weighted by molar-refractivity contribution is 5.96. The van der Waals surface area contributed by atoms with Gasteiger partial charge in [-0.1, -0.05) is 39.3 Å². The van der Waals surface area contributed by atoms with Gasteiger partial charge in [0, 0.05) is 18.2 Å². The Bertz CT molecular complexity index is 470. The molecule has 1 aromatic carbocycles. The highest BCUT2D eigenvalue weighted by Crippen LogP contribution is 2.26. The number of nitrogens with one attached hydrogen (secondary N) is 2. The van der Waals surface area contributed by atoms with E-state index in [1.54, 1.807) is 0 Å². The second kappa shape index (κ2) is 6.89. The Balaban J connectivity index is 2.24. The lowest BCUT2D eigenvalue weighted by Gasteiger charge is -2.24. The van der Waals surface area contributed by atoms with Gasteiger partial charge in [-0.3, -0.25) is 4.79 Å². The van der Waals surface area contributed by atoms with Crippen LogP contribution in [0.25, 0.3) is 0 Å². The van der Waals surface area contributed by atoms with Crippen LogP contribution in [0.2, 0.25) is 0 Å². The van der Waals surface area contributed by atoms with E-state index < -0.39 is 0 Å². The number of amides is 1. The van der Waals surface area contributed by atoms with Crippen molar-refractivity contribution in [3.05, 3.63) is 34.9 Å². The van der Waals surface area contributed by atoms with Crippen molar-refractivity contribution in [1.29, 1.82) is 0 Å². The standard InChI is InChI=1S/C17H26N2O/c1-4-12(3)10-16(18-5-2)14-7-6-13-8-9-19-17(20)15(13)11-14/h6-7,11-12,16,18H,4-5,8-10H2,1-3H3,(H,19,20). The summed E-state index contributed by atoms with van der Waals surface area (Å²) in [4.78, 5) is 12.0. The minimum absolute atomic E-state index is 0.0758. The highest BCUT2D eigenvalue weighted by Gasteiger charge is 2.20. The first-order chi connectivity index (χ1) is 9.65. The molecule has 2 N–H and O–H groups in total. The van der Waals surface area contributed by atoms with Crippen molar-refractivity contribution in [3.63, 3.8) is 0 Å². The van der Waals surface area contributed by atoms with Crippen molar-refractivity contribution in [1.82, 2.24) is 10.6 Å². The van der Waals surface area contributed by atoms with Gasteiger partial charge in [0.2, 0.25) is 0 Å². The highest BCUT2D eigenvalue weighted by atomic mass is 16.1. The number of hydrogen-bond acceptors (Lipinski definition) is 2. The first-order valence-electron chi connectivity index (χ1n) is 7.80. The van der Waals surface area contributed by atoms with E-state index in [-0.39, 0.29) is 5.91 Å². The van der Waals surface area contributed by atoms with Gasteiger partial charge in [0.05, 0.1) is 0 Å². The molecule has 3 nitrogen and oxygen atoms in total. The third-order valence-corrected chi connectivity index (χ3v) is 4.25. The number of benzene rings is 1. The Morgan fingerprint density at radius 3 is 2.85 bits per heavy atom. The molecule has 0 fully saturated rings. The van der Waals surface area contributed by atoms with Gasteiger partial charge in [-0.25, -0.2) is 0 Å². The molecule has 0 aromatic heterocycles. The summed E-state index contributed by atoms with van der Waals surface area (Å²) in [6.07, 6.45) is 3.25. The predicted molar refractivity (Wildman–Crippen MR) is 83.0 cm³/mol. The van der Waals surface area contributed by atoms with Crippen molar-refractivity contribution in [2.75, 3.05) is 13.1 Å². The van der Waals surface area contributed by atoms with Gasteiger partial charge >= 0.3 is 0 Å². The van der Waals surface area contributed by atoms with E-state index in [1.165, 1.54) is 17.5 Å². The molecule has 2 atom stereocenters. The van der Waals surface area contributed by atoms with Crippen LogP contribution in [-0.2, 0) is 6.42 Å². The summed E-state index contributed by atoms with van der Waals surface area (Å²) in [5, 5.41) is 6.48. The minimum atomic E-state index is 0.0758. The van der Waals surface area contributed by atoms with Crippen LogP contribution in [0, 0.1) is 5.92 Å². The summed E-state index contributed by atoms with van der Waals surface area (Å²) in [5.41, 5.74) is 3.28. The number of rotatable bonds is 6. The molecular formula is C17H26N2O. The number of carbonyl (C=O) groups is 1. The van der Waals surface area contributed by atoms with E-state index >= 15 is 0 Å². The average molecular weight is 274 g/mol. The number of carbonyl (C=O) groups excluding carboxylic acids is 1. The molecule has 0 bridgehead atoms. The third-order valence-electron chi connectivity index (χ3n) is 4.25. The fourth-order valence-electron chi connectivity index (χ4n) is 2.80. The molecule has 110 valence electrons. The molecule has 2 unspecified atom stereocenters. The zero-order valence-electron chi connectivity index (χ0n) is 12.8. The van der Waals surface area contributed by atoms with Crippen molar-refractivity contribution in [2.45, 2.75) is 46.1 Å². The Kier molecular flexibility index (Phi) is 5.18. The quantitative estimate of drug-likeness (QED) is 0.837. The molecule has 0 aliphatic carbocycles. The molecule has 0 saturated carbocycles. The number of hydrogen-bond donors (Lipinski definition) is 2. The lowest BCUT2D eigenvalue weighted by atomic mass is 9.90. The van der Waals surface area contributed by atoms with E-state index in [0.29, 0.717) is 12.0 Å². The summed E-state index contributed by atoms with van der Waals surface area (Å²) >= 11 is 0. The van der Waals surface area contributed by atoms with Crippen molar-refractivity contribution in [2.24, 2.45) is 5.92 Å².